The third kappa shape index (κ3) is 3.58. The van der Waals surface area contributed by atoms with E-state index in [1.807, 2.05) is 0 Å². The highest BCUT2D eigenvalue weighted by molar-refractivity contribution is 7.99. The van der Waals surface area contributed by atoms with Crippen LogP contribution in [-0.4, -0.2) is 15.2 Å². The Hall–Kier alpha value is -1.31. The van der Waals surface area contributed by atoms with Crippen molar-refractivity contribution in [2.24, 2.45) is 0 Å². The fourth-order valence-electron chi connectivity index (χ4n) is 1.04. The topological polar surface area (TPSA) is 56.0 Å². The molecule has 0 aliphatic carbocycles. The number of hydrogen-bond acceptors (Lipinski definition) is 4. The second-order valence-electron chi connectivity index (χ2n) is 3.47. The zero-order valence-corrected chi connectivity index (χ0v) is 9.80. The lowest BCUT2D eigenvalue weighted by Gasteiger charge is -2.08. The van der Waals surface area contributed by atoms with E-state index in [4.69, 9.17) is 0 Å². The molecule has 0 aliphatic rings. The molecule has 94 valence electrons. The van der Waals surface area contributed by atoms with Crippen molar-refractivity contribution in [3.8, 4) is 0 Å². The van der Waals surface area contributed by atoms with Gasteiger partial charge in [0.25, 0.3) is 0 Å². The summed E-state index contributed by atoms with van der Waals surface area (Å²) in [5, 5.41) is 10.7. The first-order chi connectivity index (χ1) is 7.71. The minimum Gasteiger partial charge on any atom is -0.258 e. The van der Waals surface area contributed by atoms with Crippen LogP contribution in [0.25, 0.3) is 0 Å². The number of pyridine rings is 1. The van der Waals surface area contributed by atoms with Crippen molar-refractivity contribution in [3.05, 3.63) is 27.9 Å². The van der Waals surface area contributed by atoms with Crippen molar-refractivity contribution in [2.75, 3.05) is 0 Å². The van der Waals surface area contributed by atoms with Crippen molar-refractivity contribution in [3.63, 3.8) is 0 Å². The minimum absolute atomic E-state index is 0.00185. The third-order valence-electron chi connectivity index (χ3n) is 1.70. The first-order valence-corrected chi connectivity index (χ1v) is 5.48. The Bertz CT molecular complexity index is 435. The van der Waals surface area contributed by atoms with E-state index in [2.05, 4.69) is 4.98 Å². The fraction of sp³-hybridized carbons (Fsp3) is 0.444. The largest absolute Gasteiger partial charge is 0.418 e. The SMILES string of the molecule is CC(C)Sc1ncc(C(F)(F)F)cc1[N+](=O)[O-]. The smallest absolute Gasteiger partial charge is 0.258 e. The fourth-order valence-corrected chi connectivity index (χ4v) is 1.85. The van der Waals surface area contributed by atoms with Crippen LogP contribution in [0.2, 0.25) is 0 Å². The summed E-state index contributed by atoms with van der Waals surface area (Å²) < 4.78 is 37.1. The Balaban J connectivity index is 3.22. The molecule has 17 heavy (non-hydrogen) atoms. The molecule has 0 spiro atoms. The van der Waals surface area contributed by atoms with Crippen LogP contribution < -0.4 is 0 Å². The molecular weight excluding hydrogens is 257 g/mol. The van der Waals surface area contributed by atoms with E-state index in [9.17, 15) is 23.3 Å². The van der Waals surface area contributed by atoms with Crippen LogP contribution in [0.3, 0.4) is 0 Å². The highest BCUT2D eigenvalue weighted by Gasteiger charge is 2.34. The molecule has 0 aliphatic heterocycles. The monoisotopic (exact) mass is 266 g/mol. The summed E-state index contributed by atoms with van der Waals surface area (Å²) in [5.41, 5.74) is -1.73. The van der Waals surface area contributed by atoms with Crippen molar-refractivity contribution in [1.82, 2.24) is 4.98 Å². The number of halogens is 3. The molecule has 0 N–H and O–H groups in total. The third-order valence-corrected chi connectivity index (χ3v) is 2.71. The highest BCUT2D eigenvalue weighted by atomic mass is 32.2. The maximum Gasteiger partial charge on any atom is 0.418 e. The molecule has 0 saturated carbocycles. The maximum absolute atomic E-state index is 12.4. The average Bonchev–Trinajstić information content (AvgIpc) is 2.15. The molecule has 0 aromatic carbocycles. The molecule has 0 fully saturated rings. The standard InChI is InChI=1S/C9H9F3N2O2S/c1-5(2)17-8-7(14(15)16)3-6(4-13-8)9(10,11)12/h3-5H,1-2H3. The molecule has 1 aromatic rings. The van der Waals surface area contributed by atoms with Crippen LogP contribution in [0.5, 0.6) is 0 Å². The van der Waals surface area contributed by atoms with Crippen molar-refractivity contribution in [2.45, 2.75) is 30.3 Å². The molecule has 0 unspecified atom stereocenters. The van der Waals surface area contributed by atoms with Gasteiger partial charge in [-0.3, -0.25) is 10.1 Å². The van der Waals surface area contributed by atoms with Crippen LogP contribution in [0, 0.1) is 10.1 Å². The predicted molar refractivity (Wildman–Crippen MR) is 56.9 cm³/mol. The molecule has 1 aromatic heterocycles. The van der Waals surface area contributed by atoms with Crippen molar-refractivity contribution in [1.29, 1.82) is 0 Å². The Morgan fingerprint density at radius 2 is 2.06 bits per heavy atom. The van der Waals surface area contributed by atoms with Crippen LogP contribution in [0.4, 0.5) is 18.9 Å². The molecule has 1 heterocycles. The number of thioether (sulfide) groups is 1. The summed E-state index contributed by atoms with van der Waals surface area (Å²) in [6.07, 6.45) is -4.02. The summed E-state index contributed by atoms with van der Waals surface area (Å²) in [6, 6.07) is 0.512. The number of alkyl halides is 3. The number of rotatable bonds is 3. The molecule has 8 heteroatoms. The van der Waals surface area contributed by atoms with Gasteiger partial charge >= 0.3 is 11.9 Å². The molecular formula is C9H9F3N2O2S. The van der Waals surface area contributed by atoms with Crippen molar-refractivity contribution >= 4 is 17.4 Å². The summed E-state index contributed by atoms with van der Waals surface area (Å²) in [7, 11) is 0. The molecule has 4 nitrogen and oxygen atoms in total. The zero-order valence-electron chi connectivity index (χ0n) is 8.99. The van der Waals surface area contributed by atoms with E-state index < -0.39 is 22.4 Å². The quantitative estimate of drug-likeness (QED) is 0.477. The number of aromatic nitrogens is 1. The van der Waals surface area contributed by atoms with E-state index in [1.54, 1.807) is 13.8 Å². The minimum atomic E-state index is -4.63. The molecule has 0 bridgehead atoms. The normalized spacial score (nSPS) is 11.9. The second-order valence-corrected chi connectivity index (χ2v) is 5.03. The predicted octanol–water partition coefficient (Wildman–Crippen LogP) is 3.51. The lowest BCUT2D eigenvalue weighted by atomic mass is 10.2. The zero-order chi connectivity index (χ0) is 13.2. The molecule has 0 amide bonds. The number of nitrogens with zero attached hydrogens (tertiary/aromatic N) is 2. The van der Waals surface area contributed by atoms with E-state index in [0.717, 1.165) is 11.8 Å². The first kappa shape index (κ1) is 13.8. The summed E-state index contributed by atoms with van der Waals surface area (Å²) in [4.78, 5) is 13.3. The Kier molecular flexibility index (Phi) is 3.97. The van der Waals surface area contributed by atoms with Gasteiger partial charge in [0.15, 0.2) is 5.03 Å². The van der Waals surface area contributed by atoms with E-state index in [0.29, 0.717) is 12.3 Å². The lowest BCUT2D eigenvalue weighted by molar-refractivity contribution is -0.388. The van der Waals surface area contributed by atoms with Gasteiger partial charge in [0, 0.05) is 17.5 Å². The molecule has 0 radical (unpaired) electrons. The average molecular weight is 266 g/mol. The van der Waals surface area contributed by atoms with Crippen LogP contribution >= 0.6 is 11.8 Å². The highest BCUT2D eigenvalue weighted by Crippen LogP contribution is 2.35. The Morgan fingerprint density at radius 3 is 2.47 bits per heavy atom. The van der Waals surface area contributed by atoms with Gasteiger partial charge in [-0.15, -0.1) is 0 Å². The summed E-state index contributed by atoms with van der Waals surface area (Å²) in [6.45, 7) is 3.54. The van der Waals surface area contributed by atoms with Gasteiger partial charge in [-0.05, 0) is 0 Å². The molecule has 0 saturated heterocycles. The van der Waals surface area contributed by atoms with Crippen LogP contribution in [0.15, 0.2) is 17.3 Å². The van der Waals surface area contributed by atoms with Crippen molar-refractivity contribution < 1.29 is 18.1 Å². The second kappa shape index (κ2) is 4.91. The molecule has 1 rings (SSSR count). The van der Waals surface area contributed by atoms with Gasteiger partial charge < -0.3 is 0 Å². The summed E-state index contributed by atoms with van der Waals surface area (Å²) >= 11 is 1.05. The van der Waals surface area contributed by atoms with Gasteiger partial charge in [0.2, 0.25) is 0 Å². The lowest BCUT2D eigenvalue weighted by Crippen LogP contribution is -2.07. The van der Waals surface area contributed by atoms with Gasteiger partial charge in [-0.25, -0.2) is 4.98 Å². The summed E-state index contributed by atoms with van der Waals surface area (Å²) in [5.74, 6) is 0. The Labute approximate surface area is 99.4 Å². The number of nitro groups is 1. The van der Waals surface area contributed by atoms with E-state index in [1.165, 1.54) is 0 Å². The van der Waals surface area contributed by atoms with Gasteiger partial charge in [-0.1, -0.05) is 25.6 Å². The van der Waals surface area contributed by atoms with E-state index >= 15 is 0 Å². The number of hydrogen-bond donors (Lipinski definition) is 0. The molecule has 0 atom stereocenters. The first-order valence-electron chi connectivity index (χ1n) is 4.60. The van der Waals surface area contributed by atoms with Crippen LogP contribution in [0.1, 0.15) is 19.4 Å². The van der Waals surface area contributed by atoms with Gasteiger partial charge in [-0.2, -0.15) is 13.2 Å². The maximum atomic E-state index is 12.4. The van der Waals surface area contributed by atoms with E-state index in [-0.39, 0.29) is 10.3 Å². The Morgan fingerprint density at radius 1 is 1.47 bits per heavy atom. The van der Waals surface area contributed by atoms with Gasteiger partial charge in [0.05, 0.1) is 10.5 Å². The van der Waals surface area contributed by atoms with Crippen LogP contribution in [-0.2, 0) is 6.18 Å². The van der Waals surface area contributed by atoms with Gasteiger partial charge in [0.1, 0.15) is 0 Å².